The van der Waals surface area contributed by atoms with Crippen molar-refractivity contribution < 1.29 is 0 Å². The van der Waals surface area contributed by atoms with E-state index in [1.54, 1.807) is 0 Å². The minimum Gasteiger partial charge on any atom is -0.370 e. The highest BCUT2D eigenvalue weighted by atomic mass is 15.1. The van der Waals surface area contributed by atoms with Crippen LogP contribution in [0.5, 0.6) is 0 Å². The molecule has 1 aliphatic rings. The number of fused-ring (bicyclic) bond motifs is 2. The molecule has 6 rings (SSSR count). The zero-order valence-corrected chi connectivity index (χ0v) is 19.5. The molecular formula is C26H28N8. The van der Waals surface area contributed by atoms with Crippen LogP contribution in [0.3, 0.4) is 0 Å². The van der Waals surface area contributed by atoms with Gasteiger partial charge in [-0.25, -0.2) is 0 Å². The molecule has 0 saturated carbocycles. The minimum absolute atomic E-state index is 0.836. The molecule has 5 aromatic heterocycles. The molecule has 0 atom stereocenters. The van der Waals surface area contributed by atoms with Crippen molar-refractivity contribution in [1.29, 1.82) is 0 Å². The molecule has 0 bridgehead atoms. The van der Waals surface area contributed by atoms with Gasteiger partial charge in [-0.15, -0.1) is 0 Å². The first-order chi connectivity index (χ1) is 16.7. The number of nitrogens with zero attached hydrogens (tertiary/aromatic N) is 6. The summed E-state index contributed by atoms with van der Waals surface area (Å²) < 4.78 is 0. The van der Waals surface area contributed by atoms with E-state index < -0.39 is 0 Å². The van der Waals surface area contributed by atoms with Crippen molar-refractivity contribution >= 4 is 27.5 Å². The van der Waals surface area contributed by atoms with E-state index in [9.17, 15) is 0 Å². The van der Waals surface area contributed by atoms with E-state index in [0.717, 1.165) is 64.3 Å². The number of H-pyrrole nitrogens is 2. The van der Waals surface area contributed by atoms with E-state index in [1.165, 1.54) is 30.3 Å². The minimum atomic E-state index is 0.836. The van der Waals surface area contributed by atoms with E-state index in [2.05, 4.69) is 72.2 Å². The molecule has 0 radical (unpaired) electrons. The van der Waals surface area contributed by atoms with Crippen molar-refractivity contribution in [3.8, 4) is 22.6 Å². The highest BCUT2D eigenvalue weighted by Gasteiger charge is 2.18. The lowest BCUT2D eigenvalue weighted by molar-refractivity contribution is 0.402. The van der Waals surface area contributed by atoms with Gasteiger partial charge in [-0.2, -0.15) is 5.10 Å². The summed E-state index contributed by atoms with van der Waals surface area (Å²) in [6.45, 7) is 3.01. The largest absolute Gasteiger partial charge is 0.370 e. The van der Waals surface area contributed by atoms with Gasteiger partial charge < -0.3 is 14.8 Å². The molecule has 1 fully saturated rings. The van der Waals surface area contributed by atoms with Crippen LogP contribution in [0.4, 0.5) is 5.69 Å². The van der Waals surface area contributed by atoms with Gasteiger partial charge in [-0.05, 0) is 57.1 Å². The van der Waals surface area contributed by atoms with E-state index in [1.807, 2.05) is 31.0 Å². The number of anilines is 1. The highest BCUT2D eigenvalue weighted by molar-refractivity contribution is 6.00. The molecule has 6 heterocycles. The van der Waals surface area contributed by atoms with Gasteiger partial charge in [0.05, 0.1) is 46.7 Å². The number of rotatable bonds is 5. The SMILES string of the molecule is CN(C)Cc1cncc(-c2cc3c(-c4cc5c(N6CCCCC6)cncc5[nH]4)n[nH]c3cn2)c1. The lowest BCUT2D eigenvalue weighted by Crippen LogP contribution is -2.29. The quantitative estimate of drug-likeness (QED) is 0.405. The maximum absolute atomic E-state index is 4.67. The van der Waals surface area contributed by atoms with Gasteiger partial charge in [-0.3, -0.25) is 20.1 Å². The van der Waals surface area contributed by atoms with Crippen LogP contribution in [0.15, 0.2) is 49.2 Å². The molecule has 8 heteroatoms. The second kappa shape index (κ2) is 8.53. The number of hydrogen-bond donors (Lipinski definition) is 2. The molecule has 0 aromatic carbocycles. The summed E-state index contributed by atoms with van der Waals surface area (Å²) >= 11 is 0. The van der Waals surface area contributed by atoms with Crippen LogP contribution in [0.2, 0.25) is 0 Å². The Kier molecular flexibility index (Phi) is 5.22. The van der Waals surface area contributed by atoms with Crippen molar-refractivity contribution in [1.82, 2.24) is 35.0 Å². The molecule has 34 heavy (non-hydrogen) atoms. The fourth-order valence-corrected chi connectivity index (χ4v) is 4.91. The van der Waals surface area contributed by atoms with Crippen LogP contribution >= 0.6 is 0 Å². The molecule has 172 valence electrons. The third-order valence-corrected chi connectivity index (χ3v) is 6.51. The molecule has 1 saturated heterocycles. The Balaban J connectivity index is 1.41. The number of nitrogens with one attached hydrogen (secondary N) is 2. The Labute approximate surface area is 198 Å². The first-order valence-corrected chi connectivity index (χ1v) is 11.8. The van der Waals surface area contributed by atoms with Gasteiger partial charge in [0, 0.05) is 48.4 Å². The van der Waals surface area contributed by atoms with Crippen LogP contribution in [-0.2, 0) is 6.54 Å². The smallest absolute Gasteiger partial charge is 0.116 e. The van der Waals surface area contributed by atoms with E-state index in [0.29, 0.717) is 0 Å². The van der Waals surface area contributed by atoms with E-state index >= 15 is 0 Å². The predicted octanol–water partition coefficient (Wildman–Crippen LogP) is 4.62. The summed E-state index contributed by atoms with van der Waals surface area (Å²) in [5.41, 5.74) is 8.04. The van der Waals surface area contributed by atoms with E-state index in [4.69, 9.17) is 0 Å². The molecular weight excluding hydrogens is 424 g/mol. The number of hydrogen-bond acceptors (Lipinski definition) is 6. The Morgan fingerprint density at radius 3 is 2.59 bits per heavy atom. The number of piperidine rings is 1. The van der Waals surface area contributed by atoms with Crippen molar-refractivity contribution in [3.63, 3.8) is 0 Å². The van der Waals surface area contributed by atoms with E-state index in [-0.39, 0.29) is 0 Å². The van der Waals surface area contributed by atoms with Crippen molar-refractivity contribution in [2.24, 2.45) is 0 Å². The first-order valence-electron chi connectivity index (χ1n) is 11.8. The average molecular weight is 453 g/mol. The average Bonchev–Trinajstić information content (AvgIpc) is 3.48. The summed E-state index contributed by atoms with van der Waals surface area (Å²) in [7, 11) is 4.11. The lowest BCUT2D eigenvalue weighted by atomic mass is 10.1. The maximum Gasteiger partial charge on any atom is 0.116 e. The number of aromatic nitrogens is 6. The second-order valence-electron chi connectivity index (χ2n) is 9.36. The van der Waals surface area contributed by atoms with Crippen LogP contribution in [-0.4, -0.2) is 62.2 Å². The Morgan fingerprint density at radius 2 is 1.74 bits per heavy atom. The summed E-state index contributed by atoms with van der Waals surface area (Å²) in [6.07, 6.45) is 13.3. The summed E-state index contributed by atoms with van der Waals surface area (Å²) in [4.78, 5) is 21.8. The molecule has 8 nitrogen and oxygen atoms in total. The highest BCUT2D eigenvalue weighted by Crippen LogP contribution is 2.34. The topological polar surface area (TPSA) is 89.6 Å². The van der Waals surface area contributed by atoms with Crippen molar-refractivity contribution in [2.45, 2.75) is 25.8 Å². The normalized spacial score (nSPS) is 14.5. The summed E-state index contributed by atoms with van der Waals surface area (Å²) in [6, 6.07) is 6.45. The van der Waals surface area contributed by atoms with Crippen molar-refractivity contribution in [2.75, 3.05) is 32.1 Å². The summed E-state index contributed by atoms with van der Waals surface area (Å²) in [5, 5.41) is 10.0. The van der Waals surface area contributed by atoms with Crippen LogP contribution in [0.1, 0.15) is 24.8 Å². The van der Waals surface area contributed by atoms with Gasteiger partial charge in [0.2, 0.25) is 0 Å². The van der Waals surface area contributed by atoms with Crippen LogP contribution in [0.25, 0.3) is 44.5 Å². The van der Waals surface area contributed by atoms with Crippen molar-refractivity contribution in [3.05, 3.63) is 54.7 Å². The zero-order chi connectivity index (χ0) is 23.1. The first kappa shape index (κ1) is 20.8. The zero-order valence-electron chi connectivity index (χ0n) is 19.5. The maximum atomic E-state index is 4.67. The lowest BCUT2D eigenvalue weighted by Gasteiger charge is -2.28. The third-order valence-electron chi connectivity index (χ3n) is 6.51. The Morgan fingerprint density at radius 1 is 0.882 bits per heavy atom. The van der Waals surface area contributed by atoms with Gasteiger partial charge in [0.1, 0.15) is 5.69 Å². The molecule has 1 aliphatic heterocycles. The van der Waals surface area contributed by atoms with Gasteiger partial charge in [0.15, 0.2) is 0 Å². The Bertz CT molecular complexity index is 1460. The number of aromatic amines is 2. The number of pyridine rings is 3. The third kappa shape index (κ3) is 3.80. The van der Waals surface area contributed by atoms with Crippen LogP contribution in [0, 0.1) is 0 Å². The second-order valence-corrected chi connectivity index (χ2v) is 9.36. The molecule has 0 unspecified atom stereocenters. The molecule has 2 N–H and O–H groups in total. The molecule has 0 spiro atoms. The predicted molar refractivity (Wildman–Crippen MR) is 136 cm³/mol. The standard InChI is InChI=1S/C26H28N8/c1-33(2)16-17-8-18(12-27-11-17)21-10-20-24(14-29-21)31-32-26(20)22-9-19-23(30-22)13-28-15-25(19)34-6-4-3-5-7-34/h8-15,30H,3-7,16H2,1-2H3,(H,31,32). The monoisotopic (exact) mass is 452 g/mol. The van der Waals surface area contributed by atoms with Gasteiger partial charge >= 0.3 is 0 Å². The molecule has 0 aliphatic carbocycles. The van der Waals surface area contributed by atoms with Crippen LogP contribution < -0.4 is 4.90 Å². The Hall–Kier alpha value is -3.78. The van der Waals surface area contributed by atoms with Gasteiger partial charge in [0.25, 0.3) is 0 Å². The molecule has 0 amide bonds. The fourth-order valence-electron chi connectivity index (χ4n) is 4.91. The van der Waals surface area contributed by atoms with Gasteiger partial charge in [-0.1, -0.05) is 0 Å². The molecule has 5 aromatic rings. The summed E-state index contributed by atoms with van der Waals surface area (Å²) in [5.74, 6) is 0. The fraction of sp³-hybridized carbons (Fsp3) is 0.308.